The molecule has 1 aliphatic rings. The van der Waals surface area contributed by atoms with E-state index in [9.17, 15) is 63.7 Å². The standard InChI is InChI=1S/C49H70N12O13S/c1-25(2)39(60-74)46(70)55-33(17-18-38(63)64)42(66)57-35(22-28-23-53-31-10-6-5-9-30(28)31)43(67)58-36(24-75)47(71)61-20-8-12-37(61)45(69)54-32(11-7-19-52-49(50)51)41(65)56-34(21-27-13-15-29(62)16-14-27)44(68)59-40(26(3)4)48(72)73/h5-6,9-10,13-16,23,25-26,32-37,39-40,53,60,62,74-75H,7-8,11-12,17-22,24H2,1-4H3,(H,54,69)(H,55,70)(H,56,65)(H,57,66)(H,58,67)(H,59,68)(H,63,64)(H,72,73)(H4,50,51,52)/t32-,33-,34-,35-,36-,37-,39-,40-/m0/s1. The Morgan fingerprint density at radius 3 is 1.89 bits per heavy atom. The number of phenolic OH excluding ortho intramolecular Hbond substituents is 1. The number of nitrogens with two attached hydrogens (primary N) is 2. The number of benzene rings is 2. The fraction of sp³-hybridized carbons (Fsp3) is 0.510. The van der Waals surface area contributed by atoms with Crippen molar-refractivity contribution in [2.45, 2.75) is 127 Å². The lowest BCUT2D eigenvalue weighted by Gasteiger charge is -2.31. The number of aromatic nitrogens is 1. The highest BCUT2D eigenvalue weighted by Gasteiger charge is 2.40. The van der Waals surface area contributed by atoms with Gasteiger partial charge in [-0.3, -0.25) is 43.3 Å². The predicted molar refractivity (Wildman–Crippen MR) is 277 cm³/mol. The topological polar surface area (TPSA) is 402 Å². The van der Waals surface area contributed by atoms with Crippen LogP contribution in [0.25, 0.3) is 10.9 Å². The number of carbonyl (C=O) groups is 9. The molecule has 0 aliphatic carbocycles. The van der Waals surface area contributed by atoms with Crippen molar-refractivity contribution in [3.05, 3.63) is 65.9 Å². The van der Waals surface area contributed by atoms with Gasteiger partial charge in [0, 0.05) is 55.2 Å². The number of fused-ring (bicyclic) bond motifs is 1. The number of hydrogen-bond acceptors (Lipinski definition) is 14. The van der Waals surface area contributed by atoms with Crippen molar-refractivity contribution in [3.63, 3.8) is 0 Å². The summed E-state index contributed by atoms with van der Waals surface area (Å²) in [6.45, 7) is 6.54. The van der Waals surface area contributed by atoms with Gasteiger partial charge in [-0.15, -0.1) is 0 Å². The molecule has 75 heavy (non-hydrogen) atoms. The van der Waals surface area contributed by atoms with Gasteiger partial charge in [0.2, 0.25) is 41.4 Å². The maximum Gasteiger partial charge on any atom is 0.326 e. The quantitative estimate of drug-likeness (QED) is 0.0132. The Hall–Kier alpha value is -7.45. The SMILES string of the molecule is CC(C)[C@H](NC(=O)[C@H](Cc1ccc(O)cc1)NC(=O)[C@H](CCCN=C(N)N)NC(=O)[C@@H]1CCCN1C(=O)[C@H](CS)NC(=O)[C@H](Cc1c[nH]c2ccccc12)NC(=O)[C@H](CCC(=O)O)NC(=O)[C@@H](NO)C(C)C)C(=O)O. The van der Waals surface area contributed by atoms with Crippen LogP contribution in [0.2, 0.25) is 0 Å². The second-order valence-electron chi connectivity index (χ2n) is 18.9. The molecule has 0 bridgehead atoms. The third-order valence-electron chi connectivity index (χ3n) is 12.6. The molecule has 26 heteroatoms. The molecule has 4 rings (SSSR count). The van der Waals surface area contributed by atoms with Crippen LogP contribution in [0, 0.1) is 11.8 Å². The Balaban J connectivity index is 1.59. The fourth-order valence-electron chi connectivity index (χ4n) is 8.43. The maximum absolute atomic E-state index is 14.4. The average Bonchev–Trinajstić information content (AvgIpc) is 4.02. The van der Waals surface area contributed by atoms with Gasteiger partial charge in [-0.1, -0.05) is 58.0 Å². The molecule has 0 spiro atoms. The number of carboxylic acids is 2. The number of hydrogen-bond donors (Lipinski definition) is 15. The number of likely N-dealkylation sites (tertiary alicyclic amines) is 1. The summed E-state index contributed by atoms with van der Waals surface area (Å²) in [7, 11) is 0. The zero-order chi connectivity index (χ0) is 55.5. The zero-order valence-corrected chi connectivity index (χ0v) is 43.1. The number of guanidine groups is 1. The molecular weight excluding hydrogens is 997 g/mol. The van der Waals surface area contributed by atoms with Crippen LogP contribution in [0.4, 0.5) is 0 Å². The van der Waals surface area contributed by atoms with E-state index in [0.29, 0.717) is 28.5 Å². The largest absolute Gasteiger partial charge is 0.508 e. The van der Waals surface area contributed by atoms with Crippen LogP contribution < -0.4 is 48.8 Å². The molecule has 1 aromatic heterocycles. The van der Waals surface area contributed by atoms with Gasteiger partial charge in [-0.25, -0.2) is 4.79 Å². The molecule has 16 N–H and O–H groups in total. The second kappa shape index (κ2) is 28.9. The highest BCUT2D eigenvalue weighted by molar-refractivity contribution is 7.80. The van der Waals surface area contributed by atoms with Gasteiger partial charge in [0.25, 0.3) is 0 Å². The molecule has 8 atom stereocenters. The first-order chi connectivity index (χ1) is 35.5. The molecule has 1 aliphatic heterocycles. The minimum absolute atomic E-state index is 0.0463. The van der Waals surface area contributed by atoms with Crippen molar-refractivity contribution in [2.75, 3.05) is 18.8 Å². The van der Waals surface area contributed by atoms with Gasteiger partial charge in [0.1, 0.15) is 54.1 Å². The third-order valence-corrected chi connectivity index (χ3v) is 12.9. The number of para-hydroxylation sites is 1. The summed E-state index contributed by atoms with van der Waals surface area (Å²) in [5.41, 5.74) is 14.7. The molecule has 410 valence electrons. The van der Waals surface area contributed by atoms with Crippen LogP contribution >= 0.6 is 12.6 Å². The van der Waals surface area contributed by atoms with Crippen molar-refractivity contribution in [1.82, 2.24) is 47.3 Å². The number of thiol groups is 1. The molecule has 2 heterocycles. The Kier molecular flexibility index (Phi) is 23.1. The molecule has 3 aromatic rings. The Labute approximate surface area is 438 Å². The lowest BCUT2D eigenvalue weighted by atomic mass is 10.0. The number of aliphatic carboxylic acids is 2. The van der Waals surface area contributed by atoms with Gasteiger partial charge >= 0.3 is 11.9 Å². The van der Waals surface area contributed by atoms with E-state index >= 15 is 0 Å². The number of rotatable bonds is 29. The molecule has 2 aromatic carbocycles. The van der Waals surface area contributed by atoms with Crippen LogP contribution in [0.1, 0.15) is 77.3 Å². The molecule has 1 saturated heterocycles. The summed E-state index contributed by atoms with van der Waals surface area (Å²) in [6, 6.07) is 2.23. The number of aliphatic imine (C=N–C) groups is 1. The first kappa shape index (κ1) is 60.1. The van der Waals surface area contributed by atoms with E-state index < -0.39 is 120 Å². The summed E-state index contributed by atoms with van der Waals surface area (Å²) in [5, 5.41) is 55.0. The number of carboxylic acid groups (broad SMARTS) is 2. The number of carbonyl (C=O) groups excluding carboxylic acids is 7. The van der Waals surface area contributed by atoms with Gasteiger partial charge in [0.05, 0.1) is 0 Å². The molecule has 7 amide bonds. The van der Waals surface area contributed by atoms with E-state index in [1.165, 1.54) is 29.2 Å². The first-order valence-electron chi connectivity index (χ1n) is 24.5. The number of amides is 7. The van der Waals surface area contributed by atoms with E-state index in [1.54, 1.807) is 58.2 Å². The lowest BCUT2D eigenvalue weighted by Crippen LogP contribution is -2.60. The van der Waals surface area contributed by atoms with Crippen LogP contribution in [-0.2, 0) is 56.0 Å². The van der Waals surface area contributed by atoms with Crippen molar-refractivity contribution in [3.8, 4) is 5.75 Å². The Bertz CT molecular complexity index is 2520. The number of phenols is 1. The molecular formula is C49H70N12O13S. The molecule has 0 unspecified atom stereocenters. The lowest BCUT2D eigenvalue weighted by molar-refractivity contribution is -0.143. The van der Waals surface area contributed by atoms with Crippen LogP contribution in [0.5, 0.6) is 5.75 Å². The summed E-state index contributed by atoms with van der Waals surface area (Å²) < 4.78 is 0. The molecule has 0 radical (unpaired) electrons. The summed E-state index contributed by atoms with van der Waals surface area (Å²) >= 11 is 4.37. The van der Waals surface area contributed by atoms with E-state index in [1.807, 2.05) is 5.48 Å². The van der Waals surface area contributed by atoms with Crippen LogP contribution in [0.3, 0.4) is 0 Å². The number of aromatic hydroxyl groups is 1. The fourth-order valence-corrected chi connectivity index (χ4v) is 8.68. The van der Waals surface area contributed by atoms with Crippen LogP contribution in [0.15, 0.2) is 59.7 Å². The number of hydroxylamine groups is 1. The van der Waals surface area contributed by atoms with Crippen molar-refractivity contribution in [1.29, 1.82) is 0 Å². The van der Waals surface area contributed by atoms with Crippen LogP contribution in [-0.4, -0.2) is 157 Å². The number of nitrogens with one attached hydrogen (secondary N) is 8. The van der Waals surface area contributed by atoms with Gasteiger partial charge in [0.15, 0.2) is 5.96 Å². The Morgan fingerprint density at radius 1 is 0.733 bits per heavy atom. The second-order valence-corrected chi connectivity index (χ2v) is 19.3. The van der Waals surface area contributed by atoms with Gasteiger partial charge < -0.3 is 73.8 Å². The Morgan fingerprint density at radius 2 is 1.31 bits per heavy atom. The van der Waals surface area contributed by atoms with Crippen molar-refractivity contribution in [2.24, 2.45) is 28.3 Å². The molecule has 0 saturated carbocycles. The predicted octanol–water partition coefficient (Wildman–Crippen LogP) is -0.849. The first-order valence-corrected chi connectivity index (χ1v) is 25.1. The van der Waals surface area contributed by atoms with E-state index in [2.05, 4.69) is 54.5 Å². The van der Waals surface area contributed by atoms with Gasteiger partial charge in [-0.2, -0.15) is 18.1 Å². The summed E-state index contributed by atoms with van der Waals surface area (Å²) in [5.74, 6) is -9.89. The minimum Gasteiger partial charge on any atom is -0.508 e. The van der Waals surface area contributed by atoms with Gasteiger partial charge in [-0.05, 0) is 73.3 Å². The molecule has 25 nitrogen and oxygen atoms in total. The van der Waals surface area contributed by atoms with Crippen molar-refractivity contribution < 1.29 is 63.7 Å². The number of nitrogens with zero attached hydrogens (tertiary/aromatic N) is 2. The third kappa shape index (κ3) is 17.9. The average molecular weight is 1070 g/mol. The zero-order valence-electron chi connectivity index (χ0n) is 42.2. The highest BCUT2D eigenvalue weighted by atomic mass is 32.1. The summed E-state index contributed by atoms with van der Waals surface area (Å²) in [6.07, 6.45) is 0.956. The van der Waals surface area contributed by atoms with E-state index in [-0.39, 0.29) is 69.1 Å². The smallest absolute Gasteiger partial charge is 0.326 e. The normalized spacial score (nSPS) is 16.1. The van der Waals surface area contributed by atoms with E-state index in [0.717, 1.165) is 0 Å². The number of H-pyrrole nitrogens is 1. The van der Waals surface area contributed by atoms with Crippen molar-refractivity contribution >= 4 is 82.8 Å². The monoisotopic (exact) mass is 1070 g/mol. The van der Waals surface area contributed by atoms with E-state index in [4.69, 9.17) is 11.5 Å². The number of aromatic amines is 1. The maximum atomic E-state index is 14.4. The highest BCUT2D eigenvalue weighted by Crippen LogP contribution is 2.22. The summed E-state index contributed by atoms with van der Waals surface area (Å²) in [4.78, 5) is 130. The minimum atomic E-state index is -1.48. The molecule has 1 fully saturated rings.